The standard InChI is InChI=1S/C17H17FN2O4/c1-3-24-13-7-4-11(5-8-13)16(21)19-12-6-9-14(18)15(10-12)20-17(22)23-2/h4-10H,3H2,1-2H3,(H,19,21)(H,20,22). The van der Waals surface area contributed by atoms with Gasteiger partial charge in [0, 0.05) is 11.3 Å². The lowest BCUT2D eigenvalue weighted by molar-refractivity contribution is 0.102. The van der Waals surface area contributed by atoms with Crippen LogP contribution in [0.5, 0.6) is 5.75 Å². The van der Waals surface area contributed by atoms with Crippen molar-refractivity contribution in [1.82, 2.24) is 0 Å². The highest BCUT2D eigenvalue weighted by Crippen LogP contribution is 2.21. The lowest BCUT2D eigenvalue weighted by Gasteiger charge is -2.10. The third-order valence-corrected chi connectivity index (χ3v) is 3.07. The van der Waals surface area contributed by atoms with E-state index in [-0.39, 0.29) is 11.6 Å². The first-order chi connectivity index (χ1) is 11.5. The van der Waals surface area contributed by atoms with Crippen molar-refractivity contribution in [1.29, 1.82) is 0 Å². The van der Waals surface area contributed by atoms with Crippen molar-refractivity contribution < 1.29 is 23.5 Å². The van der Waals surface area contributed by atoms with Gasteiger partial charge in [0.15, 0.2) is 0 Å². The topological polar surface area (TPSA) is 76.7 Å². The van der Waals surface area contributed by atoms with Crippen LogP contribution in [-0.4, -0.2) is 25.7 Å². The summed E-state index contributed by atoms with van der Waals surface area (Å²) < 4.78 is 23.4. The Bertz CT molecular complexity index is 732. The molecule has 0 heterocycles. The van der Waals surface area contributed by atoms with Crippen LogP contribution in [0.1, 0.15) is 17.3 Å². The Kier molecular flexibility index (Phi) is 5.73. The minimum atomic E-state index is -0.802. The molecule has 2 N–H and O–H groups in total. The number of amides is 2. The Morgan fingerprint density at radius 3 is 2.42 bits per heavy atom. The van der Waals surface area contributed by atoms with Crippen LogP contribution in [0, 0.1) is 5.82 Å². The molecule has 24 heavy (non-hydrogen) atoms. The maximum Gasteiger partial charge on any atom is 0.411 e. The molecule has 0 fully saturated rings. The zero-order chi connectivity index (χ0) is 17.5. The van der Waals surface area contributed by atoms with Gasteiger partial charge in [-0.05, 0) is 49.4 Å². The van der Waals surface area contributed by atoms with Crippen molar-refractivity contribution in [3.05, 3.63) is 53.8 Å². The minimum absolute atomic E-state index is 0.0913. The number of benzene rings is 2. The number of nitrogens with one attached hydrogen (secondary N) is 2. The number of carbonyl (C=O) groups is 2. The molecule has 2 aromatic carbocycles. The van der Waals surface area contributed by atoms with Crippen molar-refractivity contribution in [2.75, 3.05) is 24.4 Å². The zero-order valence-electron chi connectivity index (χ0n) is 13.3. The summed E-state index contributed by atoms with van der Waals surface area (Å²) >= 11 is 0. The molecule has 0 saturated heterocycles. The van der Waals surface area contributed by atoms with Crippen molar-refractivity contribution in [3.8, 4) is 5.75 Å². The van der Waals surface area contributed by atoms with Gasteiger partial charge in [0.1, 0.15) is 11.6 Å². The molecule has 0 saturated carbocycles. The maximum absolute atomic E-state index is 13.6. The summed E-state index contributed by atoms with van der Waals surface area (Å²) in [4.78, 5) is 23.4. The van der Waals surface area contributed by atoms with E-state index in [1.807, 2.05) is 6.92 Å². The maximum atomic E-state index is 13.6. The van der Waals surface area contributed by atoms with Crippen molar-refractivity contribution in [2.24, 2.45) is 0 Å². The second kappa shape index (κ2) is 7.96. The molecule has 0 aromatic heterocycles. The summed E-state index contributed by atoms with van der Waals surface area (Å²) in [5.41, 5.74) is 0.665. The van der Waals surface area contributed by atoms with Crippen molar-refractivity contribution >= 4 is 23.4 Å². The van der Waals surface area contributed by atoms with E-state index in [1.165, 1.54) is 19.2 Å². The molecule has 0 bridgehead atoms. The van der Waals surface area contributed by atoms with Gasteiger partial charge in [0.25, 0.3) is 5.91 Å². The Balaban J connectivity index is 2.10. The predicted molar refractivity (Wildman–Crippen MR) is 88.0 cm³/mol. The molecule has 0 atom stereocenters. The monoisotopic (exact) mass is 332 g/mol. The first kappa shape index (κ1) is 17.3. The van der Waals surface area contributed by atoms with Gasteiger partial charge in [-0.1, -0.05) is 0 Å². The van der Waals surface area contributed by atoms with E-state index in [0.717, 1.165) is 6.07 Å². The largest absolute Gasteiger partial charge is 0.494 e. The van der Waals surface area contributed by atoms with Gasteiger partial charge in [-0.3, -0.25) is 10.1 Å². The Hall–Kier alpha value is -3.09. The third kappa shape index (κ3) is 4.45. The van der Waals surface area contributed by atoms with Crippen LogP contribution in [0.3, 0.4) is 0 Å². The molecule has 0 aliphatic rings. The highest BCUT2D eigenvalue weighted by atomic mass is 19.1. The highest BCUT2D eigenvalue weighted by molar-refractivity contribution is 6.04. The number of hydrogen-bond donors (Lipinski definition) is 2. The first-order valence-electron chi connectivity index (χ1n) is 7.22. The molecular weight excluding hydrogens is 315 g/mol. The molecule has 6 nitrogen and oxygen atoms in total. The van der Waals surface area contributed by atoms with Crippen molar-refractivity contribution in [2.45, 2.75) is 6.92 Å². The van der Waals surface area contributed by atoms with Gasteiger partial charge in [0.05, 0.1) is 19.4 Å². The summed E-state index contributed by atoms with van der Waals surface area (Å²) in [6, 6.07) is 10.5. The quantitative estimate of drug-likeness (QED) is 0.876. The van der Waals surface area contributed by atoms with E-state index in [1.54, 1.807) is 24.3 Å². The number of methoxy groups -OCH3 is 1. The van der Waals surface area contributed by atoms with Gasteiger partial charge in [0.2, 0.25) is 0 Å². The van der Waals surface area contributed by atoms with Gasteiger partial charge in [-0.2, -0.15) is 0 Å². The van der Waals surface area contributed by atoms with Crippen LogP contribution in [-0.2, 0) is 4.74 Å². The second-order valence-corrected chi connectivity index (χ2v) is 4.72. The second-order valence-electron chi connectivity index (χ2n) is 4.72. The van der Waals surface area contributed by atoms with E-state index in [0.29, 0.717) is 23.6 Å². The van der Waals surface area contributed by atoms with E-state index in [2.05, 4.69) is 15.4 Å². The lowest BCUT2D eigenvalue weighted by Crippen LogP contribution is -2.14. The molecule has 126 valence electrons. The number of halogens is 1. The Labute approximate surface area is 138 Å². The van der Waals surface area contributed by atoms with E-state index >= 15 is 0 Å². The van der Waals surface area contributed by atoms with E-state index in [9.17, 15) is 14.0 Å². The van der Waals surface area contributed by atoms with E-state index in [4.69, 9.17) is 4.74 Å². The molecule has 0 unspecified atom stereocenters. The fourth-order valence-electron chi connectivity index (χ4n) is 1.93. The fraction of sp³-hybridized carbons (Fsp3) is 0.176. The van der Waals surface area contributed by atoms with Crippen molar-refractivity contribution in [3.63, 3.8) is 0 Å². The third-order valence-electron chi connectivity index (χ3n) is 3.07. The summed E-state index contributed by atoms with van der Waals surface area (Å²) in [7, 11) is 1.17. The number of rotatable bonds is 5. The number of carbonyl (C=O) groups excluding carboxylic acids is 2. The number of hydrogen-bond acceptors (Lipinski definition) is 4. The molecule has 7 heteroatoms. The normalized spacial score (nSPS) is 9.96. The summed E-state index contributed by atoms with van der Waals surface area (Å²) in [5, 5.41) is 4.86. The van der Waals surface area contributed by atoms with Crippen LogP contribution in [0.4, 0.5) is 20.6 Å². The average molecular weight is 332 g/mol. The number of ether oxygens (including phenoxy) is 2. The highest BCUT2D eigenvalue weighted by Gasteiger charge is 2.11. The van der Waals surface area contributed by atoms with Crippen LogP contribution < -0.4 is 15.4 Å². The molecule has 2 rings (SSSR count). The SMILES string of the molecule is CCOc1ccc(C(=O)Nc2ccc(F)c(NC(=O)OC)c2)cc1. The molecule has 2 aromatic rings. The zero-order valence-corrected chi connectivity index (χ0v) is 13.3. The minimum Gasteiger partial charge on any atom is -0.494 e. The fourth-order valence-corrected chi connectivity index (χ4v) is 1.93. The van der Waals surface area contributed by atoms with Crippen LogP contribution in [0.2, 0.25) is 0 Å². The first-order valence-corrected chi connectivity index (χ1v) is 7.22. The average Bonchev–Trinajstić information content (AvgIpc) is 2.58. The Morgan fingerprint density at radius 2 is 1.79 bits per heavy atom. The molecule has 0 radical (unpaired) electrons. The van der Waals surface area contributed by atoms with Gasteiger partial charge < -0.3 is 14.8 Å². The van der Waals surface area contributed by atoms with Crippen LogP contribution >= 0.6 is 0 Å². The number of anilines is 2. The summed E-state index contributed by atoms with van der Waals surface area (Å²) in [6.45, 7) is 2.41. The van der Waals surface area contributed by atoms with Crippen LogP contribution in [0.15, 0.2) is 42.5 Å². The molecule has 2 amide bonds. The molecule has 0 spiro atoms. The molecule has 0 aliphatic carbocycles. The summed E-state index contributed by atoms with van der Waals surface area (Å²) in [6.07, 6.45) is -0.802. The Morgan fingerprint density at radius 1 is 1.08 bits per heavy atom. The van der Waals surface area contributed by atoms with Crippen LogP contribution in [0.25, 0.3) is 0 Å². The van der Waals surface area contributed by atoms with Gasteiger partial charge in [-0.25, -0.2) is 9.18 Å². The molecular formula is C17H17FN2O4. The lowest BCUT2D eigenvalue weighted by atomic mass is 10.2. The summed E-state index contributed by atoms with van der Waals surface area (Å²) in [5.74, 6) is -0.339. The smallest absolute Gasteiger partial charge is 0.411 e. The molecule has 0 aliphatic heterocycles. The van der Waals surface area contributed by atoms with Gasteiger partial charge in [-0.15, -0.1) is 0 Å². The van der Waals surface area contributed by atoms with E-state index < -0.39 is 11.9 Å². The van der Waals surface area contributed by atoms with Gasteiger partial charge >= 0.3 is 6.09 Å². The predicted octanol–water partition coefficient (Wildman–Crippen LogP) is 3.66.